The van der Waals surface area contributed by atoms with Crippen molar-refractivity contribution in [2.24, 2.45) is 5.11 Å². The molecule has 1 rings (SSSR count). The van der Waals surface area contributed by atoms with Crippen LogP contribution in [0.25, 0.3) is 0 Å². The highest BCUT2D eigenvalue weighted by Crippen LogP contribution is 2.12. The van der Waals surface area contributed by atoms with Crippen LogP contribution >= 0.6 is 0 Å². The fourth-order valence-corrected chi connectivity index (χ4v) is 0.976. The summed E-state index contributed by atoms with van der Waals surface area (Å²) < 4.78 is 0. The first-order chi connectivity index (χ1) is 5.72. The third-order valence-corrected chi connectivity index (χ3v) is 1.52. The molecule has 3 heteroatoms. The second-order valence-electron chi connectivity index (χ2n) is 2.66. The Labute approximate surface area is 70.9 Å². The lowest BCUT2D eigenvalue weighted by atomic mass is 10.1. The largest absolute Gasteiger partial charge is 0.300 e. The first-order valence-electron chi connectivity index (χ1n) is 3.68. The maximum Gasteiger partial charge on any atom is 0.134 e. The smallest absolute Gasteiger partial charge is 0.134 e. The standard InChI is InChI=1S/C9H10N2O/c1-7(12)6-8-2-4-9(11-10)5-3-8/h2-5,10H,6H2,1H3. The zero-order valence-electron chi connectivity index (χ0n) is 6.87. The Balaban J connectivity index is 2.77. The number of ketones is 1. The number of hydrogen-bond donors (Lipinski definition) is 1. The van der Waals surface area contributed by atoms with Gasteiger partial charge in [-0.2, -0.15) is 5.11 Å². The molecule has 0 fully saturated rings. The molecular formula is C9H10N2O. The maximum absolute atomic E-state index is 10.7. The maximum atomic E-state index is 10.7. The molecule has 62 valence electrons. The Morgan fingerprint density at radius 2 is 2.00 bits per heavy atom. The predicted molar refractivity (Wildman–Crippen MR) is 45.6 cm³/mol. The lowest BCUT2D eigenvalue weighted by molar-refractivity contribution is -0.116. The highest BCUT2D eigenvalue weighted by Gasteiger charge is 1.96. The van der Waals surface area contributed by atoms with Crippen molar-refractivity contribution in [2.45, 2.75) is 13.3 Å². The minimum absolute atomic E-state index is 0.144. The van der Waals surface area contributed by atoms with E-state index < -0.39 is 0 Å². The van der Waals surface area contributed by atoms with Crippen LogP contribution in [0.4, 0.5) is 5.69 Å². The molecule has 0 aliphatic rings. The van der Waals surface area contributed by atoms with Crippen molar-refractivity contribution in [3.63, 3.8) is 0 Å². The molecule has 0 unspecified atom stereocenters. The highest BCUT2D eigenvalue weighted by atomic mass is 16.1. The molecule has 3 nitrogen and oxygen atoms in total. The summed E-state index contributed by atoms with van der Waals surface area (Å²) in [6.07, 6.45) is 0.457. The van der Waals surface area contributed by atoms with E-state index in [1.807, 2.05) is 12.1 Å². The molecule has 0 amide bonds. The van der Waals surface area contributed by atoms with E-state index >= 15 is 0 Å². The van der Waals surface area contributed by atoms with Gasteiger partial charge in [-0.3, -0.25) is 4.79 Å². The van der Waals surface area contributed by atoms with Gasteiger partial charge >= 0.3 is 0 Å². The zero-order chi connectivity index (χ0) is 8.97. The third-order valence-electron chi connectivity index (χ3n) is 1.52. The summed E-state index contributed by atoms with van der Waals surface area (Å²) in [5.41, 5.74) is 8.29. The van der Waals surface area contributed by atoms with Gasteiger partial charge in [-0.15, -0.1) is 0 Å². The van der Waals surface area contributed by atoms with Gasteiger partial charge < -0.3 is 0 Å². The summed E-state index contributed by atoms with van der Waals surface area (Å²) in [6.45, 7) is 1.56. The first kappa shape index (κ1) is 8.59. The molecule has 0 radical (unpaired) electrons. The molecule has 1 aromatic carbocycles. The van der Waals surface area contributed by atoms with Gasteiger partial charge in [-0.05, 0) is 24.6 Å². The normalized spacial score (nSPS) is 9.42. The van der Waals surface area contributed by atoms with Crippen LogP contribution in [0.5, 0.6) is 0 Å². The van der Waals surface area contributed by atoms with Gasteiger partial charge in [0.25, 0.3) is 0 Å². The molecule has 0 bridgehead atoms. The molecule has 0 atom stereocenters. The molecule has 0 saturated carbocycles. The SMILES string of the molecule is CC(=O)Cc1ccc(N=N)cc1. The minimum Gasteiger partial charge on any atom is -0.300 e. The van der Waals surface area contributed by atoms with Gasteiger partial charge in [0.05, 0.1) is 5.69 Å². The van der Waals surface area contributed by atoms with Crippen LogP contribution in [-0.2, 0) is 11.2 Å². The molecule has 0 aliphatic carbocycles. The molecule has 0 aromatic heterocycles. The number of carbonyl (C=O) groups excluding carboxylic acids is 1. The fraction of sp³-hybridized carbons (Fsp3) is 0.222. The van der Waals surface area contributed by atoms with Crippen LogP contribution in [-0.4, -0.2) is 5.78 Å². The first-order valence-corrected chi connectivity index (χ1v) is 3.68. The van der Waals surface area contributed by atoms with Gasteiger partial charge in [-0.1, -0.05) is 12.1 Å². The molecule has 1 aromatic rings. The van der Waals surface area contributed by atoms with Crippen LogP contribution in [0.15, 0.2) is 29.4 Å². The van der Waals surface area contributed by atoms with Crippen molar-refractivity contribution in [1.29, 1.82) is 5.53 Å². The minimum atomic E-state index is 0.144. The molecule has 1 N–H and O–H groups in total. The van der Waals surface area contributed by atoms with Crippen LogP contribution < -0.4 is 0 Å². The Kier molecular flexibility index (Phi) is 2.69. The van der Waals surface area contributed by atoms with E-state index in [4.69, 9.17) is 5.53 Å². The fourth-order valence-electron chi connectivity index (χ4n) is 0.976. The number of Topliss-reactive ketones (excluding diaryl/α,β-unsaturated/α-hetero) is 1. The second-order valence-corrected chi connectivity index (χ2v) is 2.66. The van der Waals surface area contributed by atoms with Gasteiger partial charge in [-0.25, -0.2) is 5.53 Å². The molecule has 0 spiro atoms. The van der Waals surface area contributed by atoms with E-state index in [0.29, 0.717) is 12.1 Å². The summed E-state index contributed by atoms with van der Waals surface area (Å²) in [6, 6.07) is 7.08. The van der Waals surface area contributed by atoms with E-state index in [2.05, 4.69) is 5.11 Å². The lowest BCUT2D eigenvalue weighted by Gasteiger charge is -1.96. The zero-order valence-corrected chi connectivity index (χ0v) is 6.87. The summed E-state index contributed by atoms with van der Waals surface area (Å²) >= 11 is 0. The Morgan fingerprint density at radius 1 is 1.42 bits per heavy atom. The van der Waals surface area contributed by atoms with E-state index in [1.165, 1.54) is 0 Å². The number of nitrogens with one attached hydrogen (secondary N) is 1. The highest BCUT2D eigenvalue weighted by molar-refractivity contribution is 5.78. The van der Waals surface area contributed by atoms with Crippen molar-refractivity contribution in [3.8, 4) is 0 Å². The number of nitrogens with zero attached hydrogens (tertiary/aromatic N) is 1. The molecular weight excluding hydrogens is 152 g/mol. The van der Waals surface area contributed by atoms with E-state index in [9.17, 15) is 4.79 Å². The van der Waals surface area contributed by atoms with Crippen LogP contribution in [0, 0.1) is 5.53 Å². The van der Waals surface area contributed by atoms with Crippen molar-refractivity contribution in [3.05, 3.63) is 29.8 Å². The van der Waals surface area contributed by atoms with E-state index in [0.717, 1.165) is 5.56 Å². The number of benzene rings is 1. The number of hydrogen-bond acceptors (Lipinski definition) is 3. The van der Waals surface area contributed by atoms with Gasteiger partial charge in [0, 0.05) is 6.42 Å². The summed E-state index contributed by atoms with van der Waals surface area (Å²) in [7, 11) is 0. The predicted octanol–water partition coefficient (Wildman–Crippen LogP) is 2.48. The van der Waals surface area contributed by atoms with Gasteiger partial charge in [0.15, 0.2) is 0 Å². The van der Waals surface area contributed by atoms with Crippen molar-refractivity contribution in [1.82, 2.24) is 0 Å². The van der Waals surface area contributed by atoms with Crippen molar-refractivity contribution in [2.75, 3.05) is 0 Å². The Hall–Kier alpha value is -1.51. The molecule has 0 aliphatic heterocycles. The van der Waals surface area contributed by atoms with Crippen LogP contribution in [0.2, 0.25) is 0 Å². The monoisotopic (exact) mass is 162 g/mol. The van der Waals surface area contributed by atoms with Gasteiger partial charge in [0.1, 0.15) is 5.78 Å². The average molecular weight is 162 g/mol. The Bertz CT molecular complexity index is 290. The summed E-state index contributed by atoms with van der Waals surface area (Å²) in [5.74, 6) is 0.144. The van der Waals surface area contributed by atoms with Crippen molar-refractivity contribution >= 4 is 11.5 Å². The number of carbonyl (C=O) groups is 1. The average Bonchev–Trinajstić information content (AvgIpc) is 2.05. The summed E-state index contributed by atoms with van der Waals surface area (Å²) in [5, 5.41) is 3.26. The van der Waals surface area contributed by atoms with E-state index in [-0.39, 0.29) is 5.78 Å². The molecule has 12 heavy (non-hydrogen) atoms. The topological polar surface area (TPSA) is 53.3 Å². The molecule has 0 heterocycles. The Morgan fingerprint density at radius 3 is 2.42 bits per heavy atom. The van der Waals surface area contributed by atoms with E-state index in [1.54, 1.807) is 19.1 Å². The number of rotatable bonds is 3. The van der Waals surface area contributed by atoms with Gasteiger partial charge in [0.2, 0.25) is 0 Å². The van der Waals surface area contributed by atoms with Crippen LogP contribution in [0.3, 0.4) is 0 Å². The lowest BCUT2D eigenvalue weighted by Crippen LogP contribution is -1.94. The quantitative estimate of drug-likeness (QED) is 0.682. The van der Waals surface area contributed by atoms with Crippen molar-refractivity contribution < 1.29 is 4.79 Å². The van der Waals surface area contributed by atoms with Crippen LogP contribution in [0.1, 0.15) is 12.5 Å². The summed E-state index contributed by atoms with van der Waals surface area (Å²) in [4.78, 5) is 10.7. The third kappa shape index (κ3) is 2.27. The molecule has 0 saturated heterocycles. The second kappa shape index (κ2) is 3.76.